The van der Waals surface area contributed by atoms with E-state index in [0.29, 0.717) is 36.9 Å². The number of halogens is 5. The van der Waals surface area contributed by atoms with E-state index in [1.807, 2.05) is 13.8 Å². The second kappa shape index (κ2) is 11.5. The molecule has 2 aliphatic heterocycles. The van der Waals surface area contributed by atoms with Gasteiger partial charge in [-0.15, -0.1) is 0 Å². The molecule has 4 rings (SSSR count). The van der Waals surface area contributed by atoms with E-state index in [-0.39, 0.29) is 42.6 Å². The Labute approximate surface area is 223 Å². The minimum atomic E-state index is -4.67. The second-order valence-corrected chi connectivity index (χ2v) is 11.3. The van der Waals surface area contributed by atoms with Crippen LogP contribution in [0.15, 0.2) is 29.3 Å². The molecule has 0 saturated carbocycles. The van der Waals surface area contributed by atoms with E-state index in [1.54, 1.807) is 13.0 Å². The van der Waals surface area contributed by atoms with Crippen molar-refractivity contribution in [3.63, 3.8) is 0 Å². The maximum atomic E-state index is 14.9. The number of likely N-dealkylation sites (tertiary alicyclic amines) is 1. The second-order valence-electron chi connectivity index (χ2n) is 10.4. The lowest BCUT2D eigenvalue weighted by molar-refractivity contribution is -0.137. The van der Waals surface area contributed by atoms with Crippen molar-refractivity contribution < 1.29 is 27.1 Å². The molecule has 0 bridgehead atoms. The Balaban J connectivity index is 1.43. The summed E-state index contributed by atoms with van der Waals surface area (Å²) in [5, 5.41) is 12.8. The maximum absolute atomic E-state index is 14.9. The van der Waals surface area contributed by atoms with Crippen molar-refractivity contribution in [1.29, 1.82) is 0 Å². The van der Waals surface area contributed by atoms with Crippen molar-refractivity contribution in [2.24, 2.45) is 0 Å². The molecular formula is C25H33F5N6OS. The molecule has 0 radical (unpaired) electrons. The Bertz CT molecular complexity index is 1110. The highest BCUT2D eigenvalue weighted by molar-refractivity contribution is 7.97. The Morgan fingerprint density at radius 3 is 2.50 bits per heavy atom. The molecule has 3 N–H and O–H groups in total. The fourth-order valence-corrected chi connectivity index (χ4v) is 5.38. The summed E-state index contributed by atoms with van der Waals surface area (Å²) in [4.78, 5) is 11.9. The minimum absolute atomic E-state index is 0.00440. The lowest BCUT2D eigenvalue weighted by atomic mass is 9.94. The number of nitrogens with one attached hydrogen (secondary N) is 2. The molecule has 0 amide bonds. The normalized spacial score (nSPS) is 22.6. The molecule has 2 aromatic rings. The highest BCUT2D eigenvalue weighted by atomic mass is 32.2. The van der Waals surface area contributed by atoms with E-state index in [9.17, 15) is 27.1 Å². The standard InChI is InChI=1S/C25H33F5N6OS/c1-15(2)36-9-6-21(19(27)14-36)34-38-16-4-5-20(18(26)12-16)32-23-31-13-17(25(28,29)30)22(33-23)35-10-7-24(3,37)8-11-35/h4-5,12-13,15,19,21,34,37H,6-11,14H2,1-3H3,(H,31,32,33). The summed E-state index contributed by atoms with van der Waals surface area (Å²) in [5.74, 6) is -1.14. The van der Waals surface area contributed by atoms with Crippen LogP contribution in [0.3, 0.4) is 0 Å². The SMILES string of the molecule is CC(C)N1CCC(NSc2ccc(Nc3ncc(C(F)(F)F)c(N4CCC(C)(O)CC4)n3)c(F)c2)C(F)C1. The summed E-state index contributed by atoms with van der Waals surface area (Å²) in [5.41, 5.74) is -1.94. The number of aliphatic hydroxyl groups is 1. The average molecular weight is 561 g/mol. The van der Waals surface area contributed by atoms with Gasteiger partial charge in [0.1, 0.15) is 23.4 Å². The Kier molecular flexibility index (Phi) is 8.70. The number of nitrogens with zero attached hydrogens (tertiary/aromatic N) is 4. The molecule has 2 atom stereocenters. The predicted octanol–water partition coefficient (Wildman–Crippen LogP) is 5.15. The van der Waals surface area contributed by atoms with Crippen LogP contribution in [0.5, 0.6) is 0 Å². The number of hydrogen-bond donors (Lipinski definition) is 3. The lowest BCUT2D eigenvalue weighted by Crippen LogP contribution is -2.51. The van der Waals surface area contributed by atoms with Gasteiger partial charge in [-0.1, -0.05) is 0 Å². The average Bonchev–Trinajstić information content (AvgIpc) is 2.84. The van der Waals surface area contributed by atoms with Gasteiger partial charge >= 0.3 is 6.18 Å². The van der Waals surface area contributed by atoms with Gasteiger partial charge in [0.2, 0.25) is 5.95 Å². The van der Waals surface area contributed by atoms with Crippen LogP contribution in [0, 0.1) is 5.82 Å². The molecule has 2 saturated heterocycles. The number of anilines is 3. The summed E-state index contributed by atoms with van der Waals surface area (Å²) >= 11 is 1.14. The van der Waals surface area contributed by atoms with Crippen LogP contribution in [0.25, 0.3) is 0 Å². The number of hydrogen-bond acceptors (Lipinski definition) is 8. The third kappa shape index (κ3) is 7.04. The first-order valence-electron chi connectivity index (χ1n) is 12.6. The van der Waals surface area contributed by atoms with Crippen LogP contribution in [0.2, 0.25) is 0 Å². The zero-order valence-corrected chi connectivity index (χ0v) is 22.3. The number of alkyl halides is 4. The van der Waals surface area contributed by atoms with Crippen molar-refractivity contribution in [2.75, 3.05) is 36.4 Å². The summed E-state index contributed by atoms with van der Waals surface area (Å²) in [6.45, 7) is 7.21. The molecule has 0 spiro atoms. The molecule has 2 fully saturated rings. The van der Waals surface area contributed by atoms with Crippen molar-refractivity contribution in [2.45, 2.75) is 75.0 Å². The molecule has 2 unspecified atom stereocenters. The highest BCUT2D eigenvalue weighted by Gasteiger charge is 2.38. The van der Waals surface area contributed by atoms with Crippen LogP contribution in [0.1, 0.15) is 45.6 Å². The molecule has 1 aromatic heterocycles. The molecule has 3 heterocycles. The van der Waals surface area contributed by atoms with Crippen LogP contribution in [-0.4, -0.2) is 70.0 Å². The highest BCUT2D eigenvalue weighted by Crippen LogP contribution is 2.38. The largest absolute Gasteiger partial charge is 0.421 e. The molecule has 1 aromatic carbocycles. The van der Waals surface area contributed by atoms with Gasteiger partial charge in [0, 0.05) is 43.3 Å². The van der Waals surface area contributed by atoms with Gasteiger partial charge in [0.25, 0.3) is 0 Å². The quantitative estimate of drug-likeness (QED) is 0.317. The van der Waals surface area contributed by atoms with E-state index in [1.165, 1.54) is 17.0 Å². The van der Waals surface area contributed by atoms with E-state index < -0.39 is 29.3 Å². The van der Waals surface area contributed by atoms with Crippen LogP contribution < -0.4 is 14.9 Å². The van der Waals surface area contributed by atoms with Gasteiger partial charge in [-0.25, -0.2) is 13.8 Å². The van der Waals surface area contributed by atoms with Gasteiger partial charge in [0.05, 0.1) is 17.3 Å². The number of rotatable bonds is 7. The Morgan fingerprint density at radius 1 is 1.18 bits per heavy atom. The molecule has 0 aliphatic carbocycles. The van der Waals surface area contributed by atoms with E-state index >= 15 is 0 Å². The summed E-state index contributed by atoms with van der Waals surface area (Å²) < 4.78 is 73.4. The monoisotopic (exact) mass is 560 g/mol. The maximum Gasteiger partial charge on any atom is 0.421 e. The van der Waals surface area contributed by atoms with E-state index in [2.05, 4.69) is 24.9 Å². The van der Waals surface area contributed by atoms with Crippen molar-refractivity contribution in [3.05, 3.63) is 35.8 Å². The topological polar surface area (TPSA) is 76.5 Å². The first-order valence-corrected chi connectivity index (χ1v) is 13.4. The van der Waals surface area contributed by atoms with Gasteiger partial charge in [0.15, 0.2) is 0 Å². The third-order valence-electron chi connectivity index (χ3n) is 7.03. The molecule has 7 nitrogen and oxygen atoms in total. The van der Waals surface area contributed by atoms with Crippen LogP contribution in [0.4, 0.5) is 39.4 Å². The lowest BCUT2D eigenvalue weighted by Gasteiger charge is -2.37. The number of piperidine rings is 2. The Morgan fingerprint density at radius 2 is 1.89 bits per heavy atom. The van der Waals surface area contributed by atoms with Gasteiger partial charge in [-0.05, 0) is 70.2 Å². The summed E-state index contributed by atoms with van der Waals surface area (Å²) in [6.07, 6.45) is -3.81. The Hall–Kier alpha value is -2.22. The van der Waals surface area contributed by atoms with Crippen LogP contribution in [-0.2, 0) is 6.18 Å². The van der Waals surface area contributed by atoms with Gasteiger partial charge < -0.3 is 15.3 Å². The van der Waals surface area contributed by atoms with E-state index in [0.717, 1.165) is 18.5 Å². The van der Waals surface area contributed by atoms with Gasteiger partial charge in [-0.2, -0.15) is 18.2 Å². The third-order valence-corrected chi connectivity index (χ3v) is 7.94. The minimum Gasteiger partial charge on any atom is -0.390 e. The molecular weight excluding hydrogens is 527 g/mol. The zero-order valence-electron chi connectivity index (χ0n) is 21.5. The number of benzene rings is 1. The van der Waals surface area contributed by atoms with Crippen molar-refractivity contribution in [1.82, 2.24) is 19.6 Å². The zero-order chi connectivity index (χ0) is 27.7. The molecule has 210 valence electrons. The smallest absolute Gasteiger partial charge is 0.390 e. The molecule has 2 aliphatic rings. The number of aromatic nitrogens is 2. The summed E-state index contributed by atoms with van der Waals surface area (Å²) in [6, 6.07) is 4.24. The molecule has 38 heavy (non-hydrogen) atoms. The van der Waals surface area contributed by atoms with E-state index in [4.69, 9.17) is 0 Å². The fraction of sp³-hybridized carbons (Fsp3) is 0.600. The fourth-order valence-electron chi connectivity index (χ4n) is 4.53. The van der Waals surface area contributed by atoms with Crippen molar-refractivity contribution >= 4 is 29.4 Å². The predicted molar refractivity (Wildman–Crippen MR) is 138 cm³/mol. The van der Waals surface area contributed by atoms with Gasteiger partial charge in [-0.3, -0.25) is 9.62 Å². The van der Waals surface area contributed by atoms with Crippen LogP contribution >= 0.6 is 11.9 Å². The first kappa shape index (κ1) is 28.8. The first-order chi connectivity index (χ1) is 17.8. The molecule has 13 heteroatoms. The summed E-state index contributed by atoms with van der Waals surface area (Å²) in [7, 11) is 0. The van der Waals surface area contributed by atoms with Crippen molar-refractivity contribution in [3.8, 4) is 0 Å².